The zero-order valence-corrected chi connectivity index (χ0v) is 12.2. The van der Waals surface area contributed by atoms with Crippen LogP contribution >= 0.6 is 11.6 Å². The molecule has 20 heavy (non-hydrogen) atoms. The summed E-state index contributed by atoms with van der Waals surface area (Å²) in [6.07, 6.45) is 7.21. The van der Waals surface area contributed by atoms with Gasteiger partial charge >= 0.3 is 5.97 Å². The Morgan fingerprint density at radius 1 is 1.65 bits per heavy atom. The smallest absolute Gasteiger partial charge is 0.330 e. The molecular formula is C14H18ClN3O2. The van der Waals surface area contributed by atoms with E-state index in [9.17, 15) is 4.79 Å². The number of rotatable bonds is 4. The Bertz CT molecular complexity index is 493. The number of hydrogen-bond donors (Lipinski definition) is 0. The Hall–Kier alpha value is -1.62. The van der Waals surface area contributed by atoms with E-state index in [-0.39, 0.29) is 11.3 Å². The minimum absolute atomic E-state index is 0.256. The quantitative estimate of drug-likeness (QED) is 0.485. The number of carbonyl (C=O) groups is 1. The molecule has 0 spiro atoms. The zero-order valence-electron chi connectivity index (χ0n) is 11.5. The van der Waals surface area contributed by atoms with E-state index in [0.29, 0.717) is 12.5 Å². The van der Waals surface area contributed by atoms with E-state index in [4.69, 9.17) is 16.3 Å². The second-order valence-corrected chi connectivity index (χ2v) is 4.98. The van der Waals surface area contributed by atoms with Gasteiger partial charge in [-0.2, -0.15) is 0 Å². The summed E-state index contributed by atoms with van der Waals surface area (Å²) in [5.41, 5.74) is 0. The van der Waals surface area contributed by atoms with Gasteiger partial charge in [0.25, 0.3) is 0 Å². The number of esters is 1. The standard InChI is InChI=1S/C14H18ClN3O2/c1-2-20-13(19)6-5-11-4-3-9-18(10-11)12-7-8-16-14(15)17-12/h5-8,11H,2-4,9-10H2,1H3/b6-5+. The molecule has 2 rings (SSSR count). The number of ether oxygens (including phenoxy) is 1. The van der Waals surface area contributed by atoms with Crippen LogP contribution in [0.2, 0.25) is 5.28 Å². The summed E-state index contributed by atoms with van der Waals surface area (Å²) in [6.45, 7) is 3.96. The molecular weight excluding hydrogens is 278 g/mol. The Labute approximate surface area is 123 Å². The highest BCUT2D eigenvalue weighted by Crippen LogP contribution is 2.22. The van der Waals surface area contributed by atoms with E-state index in [1.165, 1.54) is 6.08 Å². The highest BCUT2D eigenvalue weighted by Gasteiger charge is 2.19. The minimum atomic E-state index is -0.283. The molecule has 1 aliphatic rings. The molecule has 1 fully saturated rings. The van der Waals surface area contributed by atoms with Crippen LogP contribution in [0.4, 0.5) is 5.82 Å². The lowest BCUT2D eigenvalue weighted by Gasteiger charge is -2.32. The molecule has 1 aromatic heterocycles. The maximum Gasteiger partial charge on any atom is 0.330 e. The Morgan fingerprint density at radius 3 is 3.25 bits per heavy atom. The summed E-state index contributed by atoms with van der Waals surface area (Å²) in [5, 5.41) is 0.256. The summed E-state index contributed by atoms with van der Waals surface area (Å²) < 4.78 is 4.88. The molecule has 6 heteroatoms. The lowest BCUT2D eigenvalue weighted by Crippen LogP contribution is -2.35. The molecule has 1 unspecified atom stereocenters. The fourth-order valence-electron chi connectivity index (χ4n) is 2.28. The van der Waals surface area contributed by atoms with E-state index < -0.39 is 0 Å². The van der Waals surface area contributed by atoms with E-state index in [0.717, 1.165) is 31.7 Å². The van der Waals surface area contributed by atoms with Gasteiger partial charge in [0.05, 0.1) is 6.61 Å². The second-order valence-electron chi connectivity index (χ2n) is 4.64. The average molecular weight is 296 g/mol. The third kappa shape index (κ3) is 4.20. The summed E-state index contributed by atoms with van der Waals surface area (Å²) in [6, 6.07) is 1.85. The van der Waals surface area contributed by atoms with Crippen LogP contribution < -0.4 is 4.90 Å². The van der Waals surface area contributed by atoms with Crippen molar-refractivity contribution in [2.24, 2.45) is 5.92 Å². The maximum atomic E-state index is 11.3. The van der Waals surface area contributed by atoms with Gasteiger partial charge in [0.2, 0.25) is 5.28 Å². The number of halogens is 1. The summed E-state index contributed by atoms with van der Waals surface area (Å²) in [5.74, 6) is 0.871. The molecule has 0 aliphatic carbocycles. The average Bonchev–Trinajstić information content (AvgIpc) is 2.46. The predicted molar refractivity (Wildman–Crippen MR) is 77.8 cm³/mol. The number of hydrogen-bond acceptors (Lipinski definition) is 5. The Kier molecular flexibility index (Phi) is 5.35. The Morgan fingerprint density at radius 2 is 2.50 bits per heavy atom. The molecule has 1 aromatic rings. The first kappa shape index (κ1) is 14.8. The number of carbonyl (C=O) groups excluding carboxylic acids is 1. The molecule has 0 bridgehead atoms. The van der Waals surface area contributed by atoms with E-state index in [1.807, 2.05) is 12.1 Å². The fraction of sp³-hybridized carbons (Fsp3) is 0.500. The van der Waals surface area contributed by atoms with Crippen molar-refractivity contribution in [3.8, 4) is 0 Å². The first-order valence-corrected chi connectivity index (χ1v) is 7.15. The third-order valence-corrected chi connectivity index (χ3v) is 3.37. The minimum Gasteiger partial charge on any atom is -0.463 e. The number of piperidine rings is 1. The van der Waals surface area contributed by atoms with Gasteiger partial charge in [0, 0.05) is 25.4 Å². The molecule has 0 amide bonds. The number of aromatic nitrogens is 2. The number of anilines is 1. The third-order valence-electron chi connectivity index (χ3n) is 3.18. The van der Waals surface area contributed by atoms with Gasteiger partial charge < -0.3 is 9.64 Å². The summed E-state index contributed by atoms with van der Waals surface area (Å²) in [4.78, 5) is 21.6. The first-order chi connectivity index (χ1) is 9.69. The molecule has 0 radical (unpaired) electrons. The fourth-order valence-corrected chi connectivity index (χ4v) is 2.43. The maximum absolute atomic E-state index is 11.3. The van der Waals surface area contributed by atoms with Gasteiger partial charge in [0.1, 0.15) is 5.82 Å². The van der Waals surface area contributed by atoms with E-state index in [2.05, 4.69) is 14.9 Å². The van der Waals surface area contributed by atoms with E-state index >= 15 is 0 Å². The van der Waals surface area contributed by atoms with Crippen LogP contribution in [-0.2, 0) is 9.53 Å². The van der Waals surface area contributed by atoms with Crippen LogP contribution in [0.25, 0.3) is 0 Å². The van der Waals surface area contributed by atoms with Gasteiger partial charge in [-0.05, 0) is 43.4 Å². The van der Waals surface area contributed by atoms with Crippen molar-refractivity contribution in [1.82, 2.24) is 9.97 Å². The van der Waals surface area contributed by atoms with Crippen molar-refractivity contribution >= 4 is 23.4 Å². The van der Waals surface area contributed by atoms with Crippen molar-refractivity contribution in [1.29, 1.82) is 0 Å². The van der Waals surface area contributed by atoms with Crippen molar-refractivity contribution in [2.75, 3.05) is 24.6 Å². The summed E-state index contributed by atoms with van der Waals surface area (Å²) in [7, 11) is 0. The van der Waals surface area contributed by atoms with Crippen LogP contribution in [0.15, 0.2) is 24.4 Å². The summed E-state index contributed by atoms with van der Waals surface area (Å²) >= 11 is 5.81. The highest BCUT2D eigenvalue weighted by molar-refractivity contribution is 6.28. The largest absolute Gasteiger partial charge is 0.463 e. The van der Waals surface area contributed by atoms with Crippen molar-refractivity contribution in [2.45, 2.75) is 19.8 Å². The van der Waals surface area contributed by atoms with Crippen LogP contribution in [0.5, 0.6) is 0 Å². The number of nitrogens with zero attached hydrogens (tertiary/aromatic N) is 3. The molecule has 1 aliphatic heterocycles. The zero-order chi connectivity index (χ0) is 14.4. The molecule has 1 saturated heterocycles. The highest BCUT2D eigenvalue weighted by atomic mass is 35.5. The van der Waals surface area contributed by atoms with Crippen molar-refractivity contribution in [3.63, 3.8) is 0 Å². The van der Waals surface area contributed by atoms with Crippen LogP contribution in [-0.4, -0.2) is 35.6 Å². The molecule has 0 aromatic carbocycles. The molecule has 1 atom stereocenters. The van der Waals surface area contributed by atoms with Crippen LogP contribution in [0, 0.1) is 5.92 Å². The van der Waals surface area contributed by atoms with Gasteiger partial charge in [-0.25, -0.2) is 14.8 Å². The van der Waals surface area contributed by atoms with Crippen LogP contribution in [0.3, 0.4) is 0 Å². The van der Waals surface area contributed by atoms with Gasteiger partial charge in [-0.3, -0.25) is 0 Å². The second kappa shape index (κ2) is 7.24. The molecule has 5 nitrogen and oxygen atoms in total. The molecule has 2 heterocycles. The van der Waals surface area contributed by atoms with Crippen molar-refractivity contribution < 1.29 is 9.53 Å². The van der Waals surface area contributed by atoms with E-state index in [1.54, 1.807) is 13.1 Å². The predicted octanol–water partition coefficient (Wildman–Crippen LogP) is 2.47. The molecule has 0 saturated carbocycles. The van der Waals surface area contributed by atoms with Gasteiger partial charge in [0.15, 0.2) is 0 Å². The normalized spacial score (nSPS) is 19.3. The van der Waals surface area contributed by atoms with Gasteiger partial charge in [-0.1, -0.05) is 6.08 Å². The van der Waals surface area contributed by atoms with Crippen molar-refractivity contribution in [3.05, 3.63) is 29.7 Å². The van der Waals surface area contributed by atoms with Gasteiger partial charge in [-0.15, -0.1) is 0 Å². The lowest BCUT2D eigenvalue weighted by atomic mass is 9.97. The topological polar surface area (TPSA) is 55.3 Å². The SMILES string of the molecule is CCOC(=O)/C=C/C1CCCN(c2ccnc(Cl)n2)C1. The first-order valence-electron chi connectivity index (χ1n) is 6.77. The molecule has 108 valence electrons. The monoisotopic (exact) mass is 295 g/mol. The Balaban J connectivity index is 1.96. The molecule has 0 N–H and O–H groups in total. The lowest BCUT2D eigenvalue weighted by molar-refractivity contribution is -0.137. The van der Waals surface area contributed by atoms with Crippen LogP contribution in [0.1, 0.15) is 19.8 Å².